The van der Waals surface area contributed by atoms with E-state index in [1.807, 2.05) is 25.1 Å². The maximum Gasteiger partial charge on any atom is 0.243 e. The predicted octanol–water partition coefficient (Wildman–Crippen LogP) is 4.09. The number of carbonyl (C=O) groups excluding carboxylic acids is 1. The van der Waals surface area contributed by atoms with Crippen molar-refractivity contribution in [3.8, 4) is 0 Å². The van der Waals surface area contributed by atoms with Crippen LogP contribution in [0, 0.1) is 0 Å². The van der Waals surface area contributed by atoms with Gasteiger partial charge in [0.15, 0.2) is 0 Å². The third kappa shape index (κ3) is 4.06. The quantitative estimate of drug-likeness (QED) is 0.660. The number of sulfonamides is 1. The van der Waals surface area contributed by atoms with Crippen LogP contribution >= 0.6 is 27.5 Å². The lowest BCUT2D eigenvalue weighted by molar-refractivity contribution is -0.119. The molecule has 0 aliphatic carbocycles. The number of anilines is 1. The molecule has 0 saturated heterocycles. The Morgan fingerprint density at radius 1 is 1.26 bits per heavy atom. The minimum atomic E-state index is -3.77. The second-order valence-corrected chi connectivity index (χ2v) is 9.77. The zero-order chi connectivity index (χ0) is 19.8. The normalized spacial score (nSPS) is 16.6. The van der Waals surface area contributed by atoms with Crippen molar-refractivity contribution < 1.29 is 13.2 Å². The number of hydrogen-bond donors (Lipinski definition) is 0. The van der Waals surface area contributed by atoms with E-state index in [1.165, 1.54) is 28.6 Å². The standard InChI is InChI=1S/C19H20BrClN2O3S/c1-3-22(27(25,26)17-7-5-16(21)6-8-17)12-19(24)23-13(2)10-14-11-15(20)4-9-18(14)23/h4-9,11,13H,3,10,12H2,1-2H3/t13-/m0/s1. The maximum atomic E-state index is 13.0. The van der Waals surface area contributed by atoms with E-state index in [2.05, 4.69) is 15.9 Å². The number of carbonyl (C=O) groups is 1. The fourth-order valence-corrected chi connectivity index (χ4v) is 5.26. The molecule has 27 heavy (non-hydrogen) atoms. The zero-order valence-corrected chi connectivity index (χ0v) is 18.2. The number of fused-ring (bicyclic) bond motifs is 1. The highest BCUT2D eigenvalue weighted by Crippen LogP contribution is 2.34. The van der Waals surface area contributed by atoms with E-state index in [0.717, 1.165) is 22.1 Å². The first kappa shape index (κ1) is 20.3. The average Bonchev–Trinajstić information content (AvgIpc) is 2.94. The number of amides is 1. The van der Waals surface area contributed by atoms with Gasteiger partial charge in [-0.25, -0.2) is 8.42 Å². The Morgan fingerprint density at radius 2 is 1.93 bits per heavy atom. The van der Waals surface area contributed by atoms with Gasteiger partial charge in [-0.05, 0) is 61.4 Å². The van der Waals surface area contributed by atoms with E-state index in [1.54, 1.807) is 11.8 Å². The summed E-state index contributed by atoms with van der Waals surface area (Å²) in [6.45, 7) is 3.68. The van der Waals surface area contributed by atoms with E-state index in [9.17, 15) is 13.2 Å². The minimum absolute atomic E-state index is 0.0151. The van der Waals surface area contributed by atoms with Crippen LogP contribution in [-0.2, 0) is 21.2 Å². The molecule has 0 bridgehead atoms. The zero-order valence-electron chi connectivity index (χ0n) is 15.0. The summed E-state index contributed by atoms with van der Waals surface area (Å²) >= 11 is 9.30. The summed E-state index contributed by atoms with van der Waals surface area (Å²) in [6, 6.07) is 11.7. The van der Waals surface area contributed by atoms with Crippen LogP contribution in [0.2, 0.25) is 5.02 Å². The van der Waals surface area contributed by atoms with Crippen LogP contribution in [0.1, 0.15) is 19.4 Å². The lowest BCUT2D eigenvalue weighted by Crippen LogP contribution is -2.45. The average molecular weight is 472 g/mol. The van der Waals surface area contributed by atoms with Crippen molar-refractivity contribution in [2.24, 2.45) is 0 Å². The fourth-order valence-electron chi connectivity index (χ4n) is 3.33. The van der Waals surface area contributed by atoms with Gasteiger partial charge in [0, 0.05) is 27.8 Å². The number of benzene rings is 2. The Hall–Kier alpha value is -1.41. The summed E-state index contributed by atoms with van der Waals surface area (Å²) in [5.41, 5.74) is 1.92. The summed E-state index contributed by atoms with van der Waals surface area (Å²) in [5.74, 6) is -0.233. The topological polar surface area (TPSA) is 57.7 Å². The number of likely N-dealkylation sites (N-methyl/N-ethyl adjacent to an activating group) is 1. The molecule has 1 atom stereocenters. The van der Waals surface area contributed by atoms with Crippen LogP contribution in [-0.4, -0.2) is 37.8 Å². The molecule has 5 nitrogen and oxygen atoms in total. The molecule has 1 aliphatic rings. The number of halogens is 2. The van der Waals surface area contributed by atoms with Gasteiger partial charge in [0.05, 0.1) is 11.4 Å². The van der Waals surface area contributed by atoms with Gasteiger partial charge in [-0.15, -0.1) is 0 Å². The Kier molecular flexibility index (Phi) is 5.96. The van der Waals surface area contributed by atoms with E-state index in [4.69, 9.17) is 11.6 Å². The largest absolute Gasteiger partial charge is 0.308 e. The van der Waals surface area contributed by atoms with E-state index in [0.29, 0.717) is 5.02 Å². The predicted molar refractivity (Wildman–Crippen MR) is 111 cm³/mol. The number of rotatable bonds is 5. The number of hydrogen-bond acceptors (Lipinski definition) is 3. The second-order valence-electron chi connectivity index (χ2n) is 6.48. The first-order valence-electron chi connectivity index (χ1n) is 8.60. The molecule has 1 heterocycles. The molecule has 8 heteroatoms. The van der Waals surface area contributed by atoms with Crippen molar-refractivity contribution in [3.63, 3.8) is 0 Å². The van der Waals surface area contributed by atoms with Crippen LogP contribution in [0.25, 0.3) is 0 Å². The lowest BCUT2D eigenvalue weighted by Gasteiger charge is -2.27. The van der Waals surface area contributed by atoms with Crippen molar-refractivity contribution in [1.29, 1.82) is 0 Å². The first-order chi connectivity index (χ1) is 12.7. The molecule has 0 spiro atoms. The van der Waals surface area contributed by atoms with Crippen LogP contribution in [0.3, 0.4) is 0 Å². The summed E-state index contributed by atoms with van der Waals surface area (Å²) in [6.07, 6.45) is 0.747. The van der Waals surface area contributed by atoms with Crippen LogP contribution in [0.4, 0.5) is 5.69 Å². The molecule has 1 amide bonds. The molecule has 3 rings (SSSR count). The van der Waals surface area contributed by atoms with Gasteiger partial charge in [-0.2, -0.15) is 4.31 Å². The minimum Gasteiger partial charge on any atom is -0.308 e. The first-order valence-corrected chi connectivity index (χ1v) is 11.2. The second kappa shape index (κ2) is 7.91. The highest BCUT2D eigenvalue weighted by Gasteiger charge is 2.34. The lowest BCUT2D eigenvalue weighted by atomic mass is 10.1. The van der Waals surface area contributed by atoms with Gasteiger partial charge in [0.2, 0.25) is 15.9 Å². The van der Waals surface area contributed by atoms with Gasteiger partial charge < -0.3 is 4.90 Å². The van der Waals surface area contributed by atoms with Gasteiger partial charge in [0.25, 0.3) is 0 Å². The van der Waals surface area contributed by atoms with Crippen molar-refractivity contribution in [3.05, 3.63) is 57.5 Å². The monoisotopic (exact) mass is 470 g/mol. The molecule has 1 aliphatic heterocycles. The molecule has 0 fully saturated rings. The molecule has 0 radical (unpaired) electrons. The van der Waals surface area contributed by atoms with E-state index < -0.39 is 10.0 Å². The molecule has 144 valence electrons. The molecule has 2 aromatic rings. The molecule has 0 aromatic heterocycles. The van der Waals surface area contributed by atoms with Gasteiger partial charge in [0.1, 0.15) is 0 Å². The van der Waals surface area contributed by atoms with Crippen molar-refractivity contribution in [1.82, 2.24) is 4.31 Å². The van der Waals surface area contributed by atoms with Gasteiger partial charge >= 0.3 is 0 Å². The maximum absolute atomic E-state index is 13.0. The molecule has 0 saturated carbocycles. The highest BCUT2D eigenvalue weighted by atomic mass is 79.9. The Balaban J connectivity index is 1.85. The molecular formula is C19H20BrClN2O3S. The fraction of sp³-hybridized carbons (Fsp3) is 0.316. The van der Waals surface area contributed by atoms with Crippen LogP contribution in [0.5, 0.6) is 0 Å². The van der Waals surface area contributed by atoms with Crippen molar-refractivity contribution >= 4 is 49.1 Å². The summed E-state index contributed by atoms with van der Waals surface area (Å²) in [4.78, 5) is 14.8. The smallest absolute Gasteiger partial charge is 0.243 e. The Labute approximate surface area is 173 Å². The van der Waals surface area contributed by atoms with E-state index in [-0.39, 0.29) is 29.9 Å². The Bertz CT molecular complexity index is 963. The number of nitrogens with zero attached hydrogens (tertiary/aromatic N) is 2. The molecule has 0 N–H and O–H groups in total. The Morgan fingerprint density at radius 3 is 2.56 bits per heavy atom. The van der Waals surface area contributed by atoms with Crippen LogP contribution < -0.4 is 4.90 Å². The molecule has 2 aromatic carbocycles. The van der Waals surface area contributed by atoms with Crippen molar-refractivity contribution in [2.45, 2.75) is 31.2 Å². The SMILES string of the molecule is CCN(CC(=O)N1c2ccc(Br)cc2C[C@@H]1C)S(=O)(=O)c1ccc(Cl)cc1. The summed E-state index contributed by atoms with van der Waals surface area (Å²) in [7, 11) is -3.77. The third-order valence-electron chi connectivity index (χ3n) is 4.64. The molecular weight excluding hydrogens is 452 g/mol. The van der Waals surface area contributed by atoms with Crippen LogP contribution in [0.15, 0.2) is 51.8 Å². The van der Waals surface area contributed by atoms with E-state index >= 15 is 0 Å². The van der Waals surface area contributed by atoms with Gasteiger partial charge in [-0.1, -0.05) is 34.5 Å². The van der Waals surface area contributed by atoms with Gasteiger partial charge in [-0.3, -0.25) is 4.79 Å². The molecule has 0 unspecified atom stereocenters. The summed E-state index contributed by atoms with van der Waals surface area (Å²) in [5, 5.41) is 0.460. The summed E-state index contributed by atoms with van der Waals surface area (Å²) < 4.78 is 28.0. The highest BCUT2D eigenvalue weighted by molar-refractivity contribution is 9.10. The van der Waals surface area contributed by atoms with Crippen molar-refractivity contribution in [2.75, 3.05) is 18.0 Å². The third-order valence-corrected chi connectivity index (χ3v) is 7.32.